The number of nitrogens with zero attached hydrogens (tertiary/aromatic N) is 8. The van der Waals surface area contributed by atoms with Gasteiger partial charge in [-0.25, -0.2) is 9.97 Å². The van der Waals surface area contributed by atoms with E-state index in [2.05, 4.69) is 46.8 Å². The Morgan fingerprint density at radius 3 is 2.62 bits per heavy atom. The van der Waals surface area contributed by atoms with E-state index >= 15 is 0 Å². The molecule has 0 spiro atoms. The molecule has 0 unspecified atom stereocenters. The molecular weight excluding hydrogens is 366 g/mol. The number of hydrogen-bond acceptors (Lipinski definition) is 6. The number of guanidine groups is 1. The fourth-order valence-electron chi connectivity index (χ4n) is 4.07. The molecule has 9 heteroatoms. The molecule has 1 N–H and O–H groups in total. The number of hydrogen-bond donors (Lipinski definition) is 1. The van der Waals surface area contributed by atoms with Crippen LogP contribution in [0, 0.1) is 0 Å². The summed E-state index contributed by atoms with van der Waals surface area (Å²) in [6.07, 6.45) is 11.4. The highest BCUT2D eigenvalue weighted by Gasteiger charge is 2.24. The van der Waals surface area contributed by atoms with E-state index in [1.54, 1.807) is 18.7 Å². The lowest BCUT2D eigenvalue weighted by molar-refractivity contribution is 0.362. The second kappa shape index (κ2) is 9.67. The summed E-state index contributed by atoms with van der Waals surface area (Å²) >= 11 is 0. The van der Waals surface area contributed by atoms with Crippen LogP contribution in [0.25, 0.3) is 0 Å². The Balaban J connectivity index is 1.38. The smallest absolute Gasteiger partial charge is 0.225 e. The van der Waals surface area contributed by atoms with E-state index in [9.17, 15) is 0 Å². The van der Waals surface area contributed by atoms with Gasteiger partial charge in [-0.15, -0.1) is 10.2 Å². The van der Waals surface area contributed by atoms with Crippen LogP contribution >= 0.6 is 0 Å². The number of nitrogens with one attached hydrogen (secondary N) is 1. The molecule has 0 amide bonds. The van der Waals surface area contributed by atoms with Gasteiger partial charge in [0.05, 0.1) is 6.54 Å². The third kappa shape index (κ3) is 5.02. The average molecular weight is 398 g/mol. The molecule has 2 aromatic heterocycles. The zero-order chi connectivity index (χ0) is 19.9. The maximum absolute atomic E-state index is 4.96. The summed E-state index contributed by atoms with van der Waals surface area (Å²) in [5.41, 5.74) is 0. The van der Waals surface area contributed by atoms with Gasteiger partial charge in [0.25, 0.3) is 0 Å². The van der Waals surface area contributed by atoms with Crippen molar-refractivity contribution in [1.82, 2.24) is 34.9 Å². The molecule has 2 aliphatic rings. The standard InChI is InChI=1S/C20H31N9/c1-2-18-26-24-16-29(18)11-10-23-20(25-17-6-3-4-7-17)28-14-12-27(13-15-28)19-21-8-5-9-22-19/h5,8-9,16-17H,2-4,6-7,10-15H2,1H3,(H,23,25). The highest BCUT2D eigenvalue weighted by molar-refractivity contribution is 5.80. The van der Waals surface area contributed by atoms with E-state index in [1.165, 1.54) is 25.7 Å². The second-order valence-corrected chi connectivity index (χ2v) is 7.65. The van der Waals surface area contributed by atoms with Gasteiger partial charge in [0.15, 0.2) is 5.96 Å². The van der Waals surface area contributed by atoms with E-state index in [4.69, 9.17) is 4.99 Å². The summed E-state index contributed by atoms with van der Waals surface area (Å²) in [4.78, 5) is 18.4. The summed E-state index contributed by atoms with van der Waals surface area (Å²) in [7, 11) is 0. The molecule has 1 saturated heterocycles. The van der Waals surface area contributed by atoms with E-state index in [0.717, 1.165) is 63.4 Å². The average Bonchev–Trinajstić information content (AvgIpc) is 3.45. The Morgan fingerprint density at radius 1 is 1.14 bits per heavy atom. The maximum Gasteiger partial charge on any atom is 0.225 e. The van der Waals surface area contributed by atoms with Crippen molar-refractivity contribution in [3.63, 3.8) is 0 Å². The number of aromatic nitrogens is 5. The maximum atomic E-state index is 4.96. The van der Waals surface area contributed by atoms with E-state index in [1.807, 2.05) is 6.07 Å². The Hall–Kier alpha value is -2.71. The lowest BCUT2D eigenvalue weighted by atomic mass is 10.2. The van der Waals surface area contributed by atoms with Gasteiger partial charge in [-0.05, 0) is 18.9 Å². The van der Waals surface area contributed by atoms with Crippen molar-refractivity contribution in [2.75, 3.05) is 37.6 Å². The van der Waals surface area contributed by atoms with Crippen molar-refractivity contribution in [1.29, 1.82) is 0 Å². The number of rotatable bonds is 6. The number of aryl methyl sites for hydroxylation is 1. The first-order valence-electron chi connectivity index (χ1n) is 10.8. The molecule has 0 bridgehead atoms. The minimum absolute atomic E-state index is 0.547. The normalized spacial score (nSPS) is 18.4. The van der Waals surface area contributed by atoms with Crippen LogP contribution in [0.5, 0.6) is 0 Å². The summed E-state index contributed by atoms with van der Waals surface area (Å²) in [6, 6.07) is 2.40. The van der Waals surface area contributed by atoms with Gasteiger partial charge < -0.3 is 19.7 Å². The zero-order valence-electron chi connectivity index (χ0n) is 17.2. The predicted molar refractivity (Wildman–Crippen MR) is 113 cm³/mol. The second-order valence-electron chi connectivity index (χ2n) is 7.65. The molecule has 4 rings (SSSR count). The summed E-state index contributed by atoms with van der Waals surface area (Å²) in [5, 5.41) is 11.9. The molecular formula is C20H31N9. The highest BCUT2D eigenvalue weighted by Crippen LogP contribution is 2.18. The van der Waals surface area contributed by atoms with Crippen LogP contribution in [0.3, 0.4) is 0 Å². The van der Waals surface area contributed by atoms with Crippen LogP contribution in [0.15, 0.2) is 29.8 Å². The largest absolute Gasteiger partial charge is 0.354 e. The minimum Gasteiger partial charge on any atom is -0.354 e. The van der Waals surface area contributed by atoms with Crippen molar-refractivity contribution >= 4 is 11.9 Å². The first kappa shape index (κ1) is 19.6. The predicted octanol–water partition coefficient (Wildman–Crippen LogP) is 1.34. The molecule has 1 saturated carbocycles. The van der Waals surface area contributed by atoms with Crippen LogP contribution in [-0.2, 0) is 13.0 Å². The lowest BCUT2D eigenvalue weighted by Crippen LogP contribution is -2.54. The van der Waals surface area contributed by atoms with Gasteiger partial charge in [-0.2, -0.15) is 0 Å². The molecule has 2 fully saturated rings. The quantitative estimate of drug-likeness (QED) is 0.581. The number of aliphatic imine (C=N–C) groups is 1. The first-order chi connectivity index (χ1) is 14.3. The molecule has 1 aliphatic heterocycles. The van der Waals surface area contributed by atoms with E-state index in [0.29, 0.717) is 6.04 Å². The van der Waals surface area contributed by atoms with Crippen LogP contribution in [0.2, 0.25) is 0 Å². The van der Waals surface area contributed by atoms with Crippen LogP contribution < -0.4 is 10.2 Å². The molecule has 29 heavy (non-hydrogen) atoms. The molecule has 2 aromatic rings. The topological polar surface area (TPSA) is 87.4 Å². The number of anilines is 1. The van der Waals surface area contributed by atoms with Crippen molar-refractivity contribution < 1.29 is 0 Å². The van der Waals surface area contributed by atoms with Gasteiger partial charge in [0, 0.05) is 57.6 Å². The van der Waals surface area contributed by atoms with Crippen LogP contribution in [0.1, 0.15) is 38.4 Å². The van der Waals surface area contributed by atoms with Gasteiger partial charge in [0.2, 0.25) is 5.95 Å². The van der Waals surface area contributed by atoms with Gasteiger partial charge in [-0.3, -0.25) is 4.99 Å². The van der Waals surface area contributed by atoms with E-state index < -0.39 is 0 Å². The van der Waals surface area contributed by atoms with Gasteiger partial charge in [0.1, 0.15) is 12.2 Å². The lowest BCUT2D eigenvalue weighted by Gasteiger charge is -2.37. The summed E-state index contributed by atoms with van der Waals surface area (Å²) in [5.74, 6) is 2.87. The fourth-order valence-corrected chi connectivity index (χ4v) is 4.07. The van der Waals surface area contributed by atoms with E-state index in [-0.39, 0.29) is 0 Å². The fraction of sp³-hybridized carbons (Fsp3) is 0.650. The summed E-state index contributed by atoms with van der Waals surface area (Å²) in [6.45, 7) is 7.29. The third-order valence-electron chi connectivity index (χ3n) is 5.72. The van der Waals surface area contributed by atoms with Crippen molar-refractivity contribution in [3.8, 4) is 0 Å². The zero-order valence-corrected chi connectivity index (χ0v) is 17.2. The monoisotopic (exact) mass is 397 g/mol. The Kier molecular flexibility index (Phi) is 6.53. The Bertz CT molecular complexity index is 774. The summed E-state index contributed by atoms with van der Waals surface area (Å²) < 4.78 is 2.10. The molecule has 0 aromatic carbocycles. The minimum atomic E-state index is 0.547. The Morgan fingerprint density at radius 2 is 1.90 bits per heavy atom. The SMILES string of the molecule is CCc1nncn1CCN=C(NC1CCCC1)N1CCN(c2ncccn2)CC1. The first-order valence-corrected chi connectivity index (χ1v) is 10.8. The van der Waals surface area contributed by atoms with Crippen LogP contribution in [0.4, 0.5) is 5.95 Å². The van der Waals surface area contributed by atoms with Crippen molar-refractivity contribution in [2.45, 2.75) is 51.6 Å². The van der Waals surface area contributed by atoms with Gasteiger partial charge >= 0.3 is 0 Å². The molecule has 9 nitrogen and oxygen atoms in total. The molecule has 0 atom stereocenters. The molecule has 156 valence electrons. The van der Waals surface area contributed by atoms with Crippen molar-refractivity contribution in [3.05, 3.63) is 30.6 Å². The molecule has 0 radical (unpaired) electrons. The Labute approximate surface area is 172 Å². The molecule has 1 aliphatic carbocycles. The molecule has 3 heterocycles. The van der Waals surface area contributed by atoms with Gasteiger partial charge in [-0.1, -0.05) is 19.8 Å². The highest BCUT2D eigenvalue weighted by atomic mass is 15.4. The number of piperazine rings is 1. The van der Waals surface area contributed by atoms with Crippen LogP contribution in [-0.4, -0.2) is 74.4 Å². The third-order valence-corrected chi connectivity index (χ3v) is 5.72. The van der Waals surface area contributed by atoms with Crippen molar-refractivity contribution in [2.24, 2.45) is 4.99 Å².